The van der Waals surface area contributed by atoms with Gasteiger partial charge in [0.15, 0.2) is 10.9 Å². The molecule has 3 aromatic heterocycles. The predicted octanol–water partition coefficient (Wildman–Crippen LogP) is 3.63. The average Bonchev–Trinajstić information content (AvgIpc) is 3.19. The molecule has 0 bridgehead atoms. The number of anilines is 1. The molecule has 21 heavy (non-hydrogen) atoms. The summed E-state index contributed by atoms with van der Waals surface area (Å²) in [5.74, 6) is 0.221. The summed E-state index contributed by atoms with van der Waals surface area (Å²) < 4.78 is 5.46. The van der Waals surface area contributed by atoms with Crippen LogP contribution in [0.1, 0.15) is 10.6 Å². The van der Waals surface area contributed by atoms with Crippen molar-refractivity contribution >= 4 is 38.7 Å². The molecule has 0 unspecified atom stereocenters. The minimum Gasteiger partial charge on any atom is -0.450 e. The van der Waals surface area contributed by atoms with Gasteiger partial charge in [-0.05, 0) is 34.9 Å². The number of thiophene rings is 1. The first kappa shape index (κ1) is 13.5. The molecule has 0 radical (unpaired) electrons. The van der Waals surface area contributed by atoms with Crippen LogP contribution in [0, 0.1) is 10.1 Å². The molecular weight excluding hydrogens is 314 g/mol. The van der Waals surface area contributed by atoms with E-state index >= 15 is 0 Å². The fraction of sp³-hybridized carbons (Fsp3) is 0. The van der Waals surface area contributed by atoms with E-state index in [9.17, 15) is 14.9 Å². The molecule has 3 aromatic rings. The van der Waals surface area contributed by atoms with E-state index in [1.54, 1.807) is 12.1 Å². The summed E-state index contributed by atoms with van der Waals surface area (Å²) in [5.41, 5.74) is 0. The summed E-state index contributed by atoms with van der Waals surface area (Å²) in [4.78, 5) is 26.6. The van der Waals surface area contributed by atoms with Crippen molar-refractivity contribution in [1.82, 2.24) is 4.98 Å². The first-order chi connectivity index (χ1) is 10.1. The van der Waals surface area contributed by atoms with Crippen LogP contribution in [0.2, 0.25) is 0 Å². The number of nitrogens with zero attached hydrogens (tertiary/aromatic N) is 2. The third-order valence-corrected chi connectivity index (χ3v) is 4.24. The van der Waals surface area contributed by atoms with Crippen LogP contribution in [0.25, 0.3) is 10.6 Å². The number of nitro groups is 1. The van der Waals surface area contributed by atoms with Crippen molar-refractivity contribution in [1.29, 1.82) is 0 Å². The molecule has 1 amide bonds. The molecule has 0 aromatic carbocycles. The van der Waals surface area contributed by atoms with Crippen LogP contribution >= 0.6 is 22.7 Å². The van der Waals surface area contributed by atoms with Crippen molar-refractivity contribution < 1.29 is 14.1 Å². The maximum absolute atomic E-state index is 12.0. The number of amides is 1. The Labute approximate surface area is 126 Å². The van der Waals surface area contributed by atoms with Crippen LogP contribution in [0.5, 0.6) is 0 Å². The minimum atomic E-state index is -0.560. The molecule has 0 spiro atoms. The van der Waals surface area contributed by atoms with E-state index < -0.39 is 10.8 Å². The van der Waals surface area contributed by atoms with E-state index in [-0.39, 0.29) is 15.9 Å². The van der Waals surface area contributed by atoms with E-state index in [0.29, 0.717) is 5.76 Å². The van der Waals surface area contributed by atoms with E-state index in [1.807, 2.05) is 17.5 Å². The molecule has 0 atom stereocenters. The Morgan fingerprint density at radius 3 is 2.90 bits per heavy atom. The lowest BCUT2D eigenvalue weighted by Crippen LogP contribution is -2.10. The zero-order valence-electron chi connectivity index (χ0n) is 10.3. The smallest absolute Gasteiger partial charge is 0.345 e. The second-order valence-electron chi connectivity index (χ2n) is 3.86. The molecule has 1 N–H and O–H groups in total. The Morgan fingerprint density at radius 2 is 2.24 bits per heavy atom. The molecule has 9 heteroatoms. The first-order valence-electron chi connectivity index (χ1n) is 5.69. The van der Waals surface area contributed by atoms with Crippen molar-refractivity contribution in [3.63, 3.8) is 0 Å². The number of hydrogen-bond donors (Lipinski definition) is 1. The zero-order chi connectivity index (χ0) is 14.8. The van der Waals surface area contributed by atoms with Gasteiger partial charge in [-0.1, -0.05) is 6.07 Å². The van der Waals surface area contributed by atoms with E-state index in [1.165, 1.54) is 11.3 Å². The van der Waals surface area contributed by atoms with Crippen molar-refractivity contribution in [3.05, 3.63) is 51.7 Å². The SMILES string of the molecule is O=C(Nc1ncc([N+](=O)[O-])s1)c1ccc(-c2cccs2)o1. The lowest BCUT2D eigenvalue weighted by atomic mass is 10.3. The predicted molar refractivity (Wildman–Crippen MR) is 78.7 cm³/mol. The van der Waals surface area contributed by atoms with Crippen LogP contribution in [0.15, 0.2) is 40.3 Å². The van der Waals surface area contributed by atoms with Gasteiger partial charge in [0.2, 0.25) is 0 Å². The number of hydrogen-bond acceptors (Lipinski definition) is 7. The fourth-order valence-corrected chi connectivity index (χ4v) is 2.89. The molecule has 3 heterocycles. The Bertz CT molecular complexity index is 791. The van der Waals surface area contributed by atoms with Gasteiger partial charge in [0.25, 0.3) is 5.91 Å². The van der Waals surface area contributed by atoms with Gasteiger partial charge in [-0.2, -0.15) is 0 Å². The molecule has 0 aliphatic carbocycles. The van der Waals surface area contributed by atoms with Gasteiger partial charge in [0, 0.05) is 0 Å². The van der Waals surface area contributed by atoms with Gasteiger partial charge in [0.05, 0.1) is 9.80 Å². The van der Waals surface area contributed by atoms with Crippen molar-refractivity contribution in [3.8, 4) is 10.6 Å². The second-order valence-corrected chi connectivity index (χ2v) is 5.81. The zero-order valence-corrected chi connectivity index (χ0v) is 11.9. The number of rotatable bonds is 4. The molecule has 0 fully saturated rings. The first-order valence-corrected chi connectivity index (χ1v) is 7.38. The van der Waals surface area contributed by atoms with E-state index in [0.717, 1.165) is 22.4 Å². The topological polar surface area (TPSA) is 98.3 Å². The summed E-state index contributed by atoms with van der Waals surface area (Å²) in [6, 6.07) is 7.02. The van der Waals surface area contributed by atoms with Gasteiger partial charge >= 0.3 is 5.00 Å². The molecule has 7 nitrogen and oxygen atoms in total. The summed E-state index contributed by atoms with van der Waals surface area (Å²) in [6.07, 6.45) is 1.10. The van der Waals surface area contributed by atoms with Gasteiger partial charge in [-0.15, -0.1) is 11.3 Å². The Kier molecular flexibility index (Phi) is 3.50. The average molecular weight is 321 g/mol. The number of nitrogens with one attached hydrogen (secondary N) is 1. The van der Waals surface area contributed by atoms with Gasteiger partial charge in [0.1, 0.15) is 12.0 Å². The lowest BCUT2D eigenvalue weighted by Gasteiger charge is -1.97. The summed E-state index contributed by atoms with van der Waals surface area (Å²) in [6.45, 7) is 0. The van der Waals surface area contributed by atoms with Crippen LogP contribution in [0.4, 0.5) is 10.1 Å². The summed E-state index contributed by atoms with van der Waals surface area (Å²) in [5, 5.41) is 14.9. The second kappa shape index (κ2) is 5.46. The van der Waals surface area contributed by atoms with Gasteiger partial charge in [-0.25, -0.2) is 4.98 Å². The number of aromatic nitrogens is 1. The third-order valence-electron chi connectivity index (χ3n) is 2.49. The molecule has 0 saturated carbocycles. The number of thiazole rings is 1. The van der Waals surface area contributed by atoms with Crippen LogP contribution in [0.3, 0.4) is 0 Å². The number of furan rings is 1. The van der Waals surface area contributed by atoms with Crippen LogP contribution in [-0.4, -0.2) is 15.8 Å². The lowest BCUT2D eigenvalue weighted by molar-refractivity contribution is -0.380. The molecular formula is C12H7N3O4S2. The monoisotopic (exact) mass is 321 g/mol. The van der Waals surface area contributed by atoms with Gasteiger partial charge in [-0.3, -0.25) is 20.2 Å². The molecule has 0 saturated heterocycles. The third kappa shape index (κ3) is 2.83. The van der Waals surface area contributed by atoms with Crippen LogP contribution in [-0.2, 0) is 0 Å². The van der Waals surface area contributed by atoms with Crippen LogP contribution < -0.4 is 5.32 Å². The summed E-state index contributed by atoms with van der Waals surface area (Å²) >= 11 is 2.29. The van der Waals surface area contributed by atoms with Crippen molar-refractivity contribution in [2.45, 2.75) is 0 Å². The number of carbonyl (C=O) groups excluding carboxylic acids is 1. The summed E-state index contributed by atoms with van der Waals surface area (Å²) in [7, 11) is 0. The van der Waals surface area contributed by atoms with E-state index in [2.05, 4.69) is 10.3 Å². The van der Waals surface area contributed by atoms with Crippen molar-refractivity contribution in [2.75, 3.05) is 5.32 Å². The molecule has 0 aliphatic heterocycles. The standard InChI is InChI=1S/C12H7N3O4S2/c16-11(14-12-13-6-10(21-12)15(17)18)8-4-3-7(19-8)9-2-1-5-20-9/h1-6H,(H,13,14,16). The molecule has 106 valence electrons. The highest BCUT2D eigenvalue weighted by molar-refractivity contribution is 7.18. The maximum atomic E-state index is 12.0. The maximum Gasteiger partial charge on any atom is 0.345 e. The normalized spacial score (nSPS) is 10.5. The van der Waals surface area contributed by atoms with Crippen molar-refractivity contribution in [2.24, 2.45) is 0 Å². The Hall–Kier alpha value is -2.52. The molecule has 0 aliphatic rings. The highest BCUT2D eigenvalue weighted by Gasteiger charge is 2.17. The highest BCUT2D eigenvalue weighted by Crippen LogP contribution is 2.28. The number of carbonyl (C=O) groups is 1. The Balaban J connectivity index is 1.74. The van der Waals surface area contributed by atoms with Gasteiger partial charge < -0.3 is 4.42 Å². The highest BCUT2D eigenvalue weighted by atomic mass is 32.1. The minimum absolute atomic E-state index is 0.122. The molecule has 3 rings (SSSR count). The fourth-order valence-electron chi connectivity index (χ4n) is 1.58. The Morgan fingerprint density at radius 1 is 1.38 bits per heavy atom. The quantitative estimate of drug-likeness (QED) is 0.584. The van der Waals surface area contributed by atoms with E-state index in [4.69, 9.17) is 4.42 Å². The largest absolute Gasteiger partial charge is 0.450 e.